The lowest BCUT2D eigenvalue weighted by Crippen LogP contribution is -2.50. The Hall–Kier alpha value is -2.67. The predicted octanol–water partition coefficient (Wildman–Crippen LogP) is 1.97. The van der Waals surface area contributed by atoms with Gasteiger partial charge in [-0.05, 0) is 31.4 Å². The molecule has 1 aromatic rings. The van der Waals surface area contributed by atoms with Crippen molar-refractivity contribution < 1.29 is 23.9 Å². The monoisotopic (exact) mass is 408 g/mol. The van der Waals surface area contributed by atoms with Crippen LogP contribution in [-0.4, -0.2) is 53.6 Å². The highest BCUT2D eigenvalue weighted by molar-refractivity contribution is 6.04. The van der Waals surface area contributed by atoms with Crippen molar-refractivity contribution in [1.29, 1.82) is 0 Å². The molecule has 1 spiro atoms. The quantitative estimate of drug-likeness (QED) is 0.565. The first-order valence-corrected chi connectivity index (χ1v) is 10.8. The second kappa shape index (κ2) is 6.17. The highest BCUT2D eigenvalue weighted by Gasteiger charge is 2.72. The van der Waals surface area contributed by atoms with Gasteiger partial charge in [-0.3, -0.25) is 14.4 Å². The van der Waals surface area contributed by atoms with E-state index in [2.05, 4.69) is 0 Å². The largest absolute Gasteiger partial charge is 0.466 e. The summed E-state index contributed by atoms with van der Waals surface area (Å²) >= 11 is 0. The zero-order chi connectivity index (χ0) is 20.6. The molecule has 1 aromatic carbocycles. The van der Waals surface area contributed by atoms with Crippen molar-refractivity contribution in [3.63, 3.8) is 0 Å². The predicted molar refractivity (Wildman–Crippen MR) is 106 cm³/mol. The van der Waals surface area contributed by atoms with Gasteiger partial charge in [-0.15, -0.1) is 0 Å². The molecule has 7 nitrogen and oxygen atoms in total. The average Bonchev–Trinajstić information content (AvgIpc) is 3.49. The first-order chi connectivity index (χ1) is 14.6. The third kappa shape index (κ3) is 2.11. The molecule has 7 heteroatoms. The number of amides is 2. The van der Waals surface area contributed by atoms with Crippen LogP contribution in [0.2, 0.25) is 0 Å². The van der Waals surface area contributed by atoms with Gasteiger partial charge in [0.1, 0.15) is 11.5 Å². The van der Waals surface area contributed by atoms with E-state index in [1.807, 2.05) is 46.2 Å². The Morgan fingerprint density at radius 1 is 1.30 bits per heavy atom. The fourth-order valence-corrected chi connectivity index (χ4v) is 6.35. The van der Waals surface area contributed by atoms with Crippen LogP contribution < -0.4 is 4.90 Å². The van der Waals surface area contributed by atoms with Gasteiger partial charge < -0.3 is 19.3 Å². The minimum atomic E-state index is -0.840. The standard InChI is InChI=1S/C23H24N2O5/c1-2-29-22(28)19-16-9-10-23(30-16)17-12-15(24-11-5-8-18(24)26)13-6-3-4-7-14(13)25(17)21(27)20(19)23/h3-4,6-7,9-10,15-17,19-20H,2,5,8,11-12H2,1H3/t15-,16-,17-,19-,20+,23-/m0/s1. The highest BCUT2D eigenvalue weighted by atomic mass is 16.6. The van der Waals surface area contributed by atoms with Gasteiger partial charge in [-0.2, -0.15) is 0 Å². The number of carbonyl (C=O) groups excluding carboxylic acids is 3. The third-order valence-corrected chi connectivity index (χ3v) is 7.47. The number of ether oxygens (including phenoxy) is 2. The fraction of sp³-hybridized carbons (Fsp3) is 0.522. The first-order valence-electron chi connectivity index (χ1n) is 10.8. The number of nitrogens with zero attached hydrogens (tertiary/aromatic N) is 2. The summed E-state index contributed by atoms with van der Waals surface area (Å²) in [5, 5.41) is 0. The maximum Gasteiger partial charge on any atom is 0.312 e. The lowest BCUT2D eigenvalue weighted by atomic mass is 9.73. The van der Waals surface area contributed by atoms with Crippen molar-refractivity contribution in [2.75, 3.05) is 18.1 Å². The summed E-state index contributed by atoms with van der Waals surface area (Å²) in [6.07, 6.45) is 5.51. The zero-order valence-electron chi connectivity index (χ0n) is 16.8. The van der Waals surface area contributed by atoms with Crippen molar-refractivity contribution in [1.82, 2.24) is 4.90 Å². The normalized spacial score (nSPS) is 38.1. The fourth-order valence-electron chi connectivity index (χ4n) is 6.35. The van der Waals surface area contributed by atoms with Gasteiger partial charge in [0.25, 0.3) is 0 Å². The molecular formula is C23H24N2O5. The number of likely N-dealkylation sites (tertiary alicyclic amines) is 1. The first kappa shape index (κ1) is 18.1. The van der Waals surface area contributed by atoms with E-state index in [1.54, 1.807) is 6.92 Å². The van der Waals surface area contributed by atoms with E-state index in [9.17, 15) is 14.4 Å². The van der Waals surface area contributed by atoms with E-state index < -0.39 is 23.5 Å². The summed E-state index contributed by atoms with van der Waals surface area (Å²) in [6.45, 7) is 2.78. The number of rotatable bonds is 3. The SMILES string of the molecule is CCOC(=O)[C@H]1[C@@H]2C=C[C@]3(O2)[C@@H]2C[C@H](N4CCCC4=O)c4ccccc4N2C(=O)[C@@H]13. The van der Waals surface area contributed by atoms with Crippen LogP contribution in [-0.2, 0) is 23.9 Å². The Labute approximate surface area is 174 Å². The lowest BCUT2D eigenvalue weighted by molar-refractivity contribution is -0.151. The zero-order valence-corrected chi connectivity index (χ0v) is 16.8. The van der Waals surface area contributed by atoms with E-state index in [1.165, 1.54) is 0 Å². The molecule has 2 bridgehead atoms. The second-order valence-corrected chi connectivity index (χ2v) is 8.78. The number of esters is 1. The van der Waals surface area contributed by atoms with E-state index >= 15 is 0 Å². The molecule has 5 aliphatic heterocycles. The van der Waals surface area contributed by atoms with E-state index in [0.29, 0.717) is 12.8 Å². The van der Waals surface area contributed by atoms with Crippen molar-refractivity contribution in [3.05, 3.63) is 42.0 Å². The van der Waals surface area contributed by atoms with Gasteiger partial charge in [-0.25, -0.2) is 0 Å². The molecular weight excluding hydrogens is 384 g/mol. The molecule has 0 aromatic heterocycles. The molecule has 5 aliphatic rings. The van der Waals surface area contributed by atoms with Crippen LogP contribution in [0.1, 0.15) is 37.8 Å². The highest BCUT2D eigenvalue weighted by Crippen LogP contribution is 2.60. The molecule has 3 saturated heterocycles. The average molecular weight is 408 g/mol. The summed E-state index contributed by atoms with van der Waals surface area (Å²) in [6, 6.07) is 7.49. The lowest BCUT2D eigenvalue weighted by Gasteiger charge is -2.43. The van der Waals surface area contributed by atoms with Crippen molar-refractivity contribution in [2.45, 2.75) is 50.0 Å². The van der Waals surface area contributed by atoms with Gasteiger partial charge in [0.2, 0.25) is 11.8 Å². The van der Waals surface area contributed by atoms with Crippen LogP contribution >= 0.6 is 0 Å². The number of hydrogen-bond acceptors (Lipinski definition) is 5. The number of anilines is 1. The number of benzene rings is 1. The molecule has 6 atom stereocenters. The molecule has 156 valence electrons. The molecule has 30 heavy (non-hydrogen) atoms. The smallest absolute Gasteiger partial charge is 0.312 e. The molecule has 2 amide bonds. The Morgan fingerprint density at radius 3 is 2.90 bits per heavy atom. The molecule has 0 aliphatic carbocycles. The summed E-state index contributed by atoms with van der Waals surface area (Å²) in [4.78, 5) is 42.8. The van der Waals surface area contributed by atoms with Crippen LogP contribution in [0.15, 0.2) is 36.4 Å². The van der Waals surface area contributed by atoms with Crippen molar-refractivity contribution in [2.24, 2.45) is 11.8 Å². The maximum atomic E-state index is 13.7. The third-order valence-electron chi connectivity index (χ3n) is 7.47. The molecule has 5 heterocycles. The number of para-hydroxylation sites is 1. The Morgan fingerprint density at radius 2 is 2.13 bits per heavy atom. The van der Waals surface area contributed by atoms with Gasteiger partial charge in [-0.1, -0.05) is 30.4 Å². The molecule has 6 rings (SSSR count). The van der Waals surface area contributed by atoms with E-state index in [0.717, 1.165) is 24.2 Å². The van der Waals surface area contributed by atoms with Gasteiger partial charge in [0.05, 0.1) is 30.7 Å². The van der Waals surface area contributed by atoms with Gasteiger partial charge in [0, 0.05) is 18.7 Å². The maximum absolute atomic E-state index is 13.7. The van der Waals surface area contributed by atoms with Gasteiger partial charge in [0.15, 0.2) is 0 Å². The van der Waals surface area contributed by atoms with Crippen LogP contribution in [0.4, 0.5) is 5.69 Å². The summed E-state index contributed by atoms with van der Waals surface area (Å²) in [5.74, 6) is -1.49. The Kier molecular flexibility index (Phi) is 3.73. The Bertz CT molecular complexity index is 990. The number of fused-ring (bicyclic) bond motifs is 4. The van der Waals surface area contributed by atoms with Crippen LogP contribution in [0, 0.1) is 11.8 Å². The minimum Gasteiger partial charge on any atom is -0.466 e. The summed E-state index contributed by atoms with van der Waals surface area (Å²) in [7, 11) is 0. The van der Waals surface area contributed by atoms with Crippen LogP contribution in [0.25, 0.3) is 0 Å². The van der Waals surface area contributed by atoms with E-state index in [4.69, 9.17) is 9.47 Å². The Balaban J connectivity index is 1.46. The van der Waals surface area contributed by atoms with Crippen molar-refractivity contribution >= 4 is 23.5 Å². The van der Waals surface area contributed by atoms with Crippen molar-refractivity contribution in [3.8, 4) is 0 Å². The minimum absolute atomic E-state index is 0.0800. The second-order valence-electron chi connectivity index (χ2n) is 8.78. The molecule has 0 unspecified atom stereocenters. The van der Waals surface area contributed by atoms with Crippen LogP contribution in [0.3, 0.4) is 0 Å². The topological polar surface area (TPSA) is 76.2 Å². The molecule has 0 saturated carbocycles. The number of hydrogen-bond donors (Lipinski definition) is 0. The van der Waals surface area contributed by atoms with Crippen LogP contribution in [0.5, 0.6) is 0 Å². The molecule has 3 fully saturated rings. The summed E-state index contributed by atoms with van der Waals surface area (Å²) in [5.41, 5.74) is 0.989. The van der Waals surface area contributed by atoms with Gasteiger partial charge >= 0.3 is 5.97 Å². The molecule has 0 radical (unpaired) electrons. The van der Waals surface area contributed by atoms with E-state index in [-0.39, 0.29) is 36.5 Å². The molecule has 0 N–H and O–H groups in total. The summed E-state index contributed by atoms with van der Waals surface area (Å²) < 4.78 is 11.7. The number of carbonyl (C=O) groups is 3.